The zero-order valence-corrected chi connectivity index (χ0v) is 41.9. The Balaban J connectivity index is 1.05. The van der Waals surface area contributed by atoms with Gasteiger partial charge in [-0.25, -0.2) is 0 Å². The number of para-hydroxylation sites is 2. The molecule has 0 saturated carbocycles. The SMILES string of the molecule is CC(C)(C)c1ccc(-c2cccc(-c3ccccc3)c2N2CN(c3cccc(Oc4ccc5c(c4)N(c4cc(C(C)(C)C)ccn4)c4ccccc4[Te]5)c3)c3cc(C(C)(C)C)ccc32)cc1. The van der Waals surface area contributed by atoms with Crippen LogP contribution in [0.25, 0.3) is 22.3 Å². The quantitative estimate of drug-likeness (QED) is 0.149. The number of fused-ring (bicyclic) bond motifs is 3. The first-order valence-electron chi connectivity index (χ1n) is 23.0. The summed E-state index contributed by atoms with van der Waals surface area (Å²) in [6.45, 7) is 21.1. The summed E-state index contributed by atoms with van der Waals surface area (Å²) < 4.78 is 9.66. The molecule has 0 amide bonds. The summed E-state index contributed by atoms with van der Waals surface area (Å²) in [6.07, 6.45) is 1.95. The fourth-order valence-electron chi connectivity index (χ4n) is 9.11. The topological polar surface area (TPSA) is 31.8 Å². The van der Waals surface area contributed by atoms with Gasteiger partial charge in [-0.3, -0.25) is 0 Å². The average molecular weight is 979 g/mol. The van der Waals surface area contributed by atoms with E-state index in [9.17, 15) is 0 Å². The van der Waals surface area contributed by atoms with Gasteiger partial charge in [0.1, 0.15) is 0 Å². The van der Waals surface area contributed by atoms with Crippen LogP contribution in [-0.4, -0.2) is 32.6 Å². The van der Waals surface area contributed by atoms with Gasteiger partial charge in [-0.05, 0) is 27.5 Å². The summed E-state index contributed by atoms with van der Waals surface area (Å²) in [4.78, 5) is 12.3. The maximum Gasteiger partial charge on any atom is -0.0540 e. The summed E-state index contributed by atoms with van der Waals surface area (Å²) in [5.74, 6) is 2.51. The number of hydrogen-bond acceptors (Lipinski definition) is 5. The summed E-state index contributed by atoms with van der Waals surface area (Å²) >= 11 is -0.625. The van der Waals surface area contributed by atoms with Crippen LogP contribution < -0.4 is 26.7 Å². The number of rotatable bonds is 7. The standard InChI is InChI=1S/C60H58N4OTe/c1-58(2,3)42-27-25-41(26-28-42)49-22-16-21-48(40-17-11-10-12-18-40)57(49)63-39-62(52-35-43(59(4,5)6)29-31-50(52)63)45-19-15-20-46(37-45)65-47-30-32-55-53(38-47)64(51-23-13-14-24-54(51)66-55)56-36-44(33-34-61-56)60(7,8)9/h10-38H,39H2,1-9H3. The van der Waals surface area contributed by atoms with Crippen molar-refractivity contribution in [3.63, 3.8) is 0 Å². The molecule has 66 heavy (non-hydrogen) atoms. The molecular weight excluding hydrogens is 920 g/mol. The maximum atomic E-state index is 6.89. The van der Waals surface area contributed by atoms with Crippen molar-refractivity contribution >= 4 is 68.1 Å². The van der Waals surface area contributed by atoms with E-state index in [0.29, 0.717) is 6.67 Å². The van der Waals surface area contributed by atoms with Crippen LogP contribution in [0.5, 0.6) is 11.5 Å². The Bertz CT molecular complexity index is 3080. The van der Waals surface area contributed by atoms with Gasteiger partial charge in [0.05, 0.1) is 0 Å². The Hall–Kier alpha value is -6.32. The van der Waals surface area contributed by atoms with E-state index in [4.69, 9.17) is 9.72 Å². The van der Waals surface area contributed by atoms with Crippen molar-refractivity contribution in [1.29, 1.82) is 0 Å². The molecule has 0 aliphatic carbocycles. The molecule has 8 aromatic rings. The monoisotopic (exact) mass is 980 g/mol. The van der Waals surface area contributed by atoms with Crippen molar-refractivity contribution in [2.45, 2.75) is 78.6 Å². The van der Waals surface area contributed by atoms with Gasteiger partial charge < -0.3 is 0 Å². The van der Waals surface area contributed by atoms with Gasteiger partial charge in [-0.2, -0.15) is 0 Å². The number of benzene rings is 7. The largest absolute Gasteiger partial charge is 0.0579 e. The molecule has 7 aromatic carbocycles. The Kier molecular flexibility index (Phi) is 11.1. The van der Waals surface area contributed by atoms with Crippen LogP contribution >= 0.6 is 0 Å². The molecule has 330 valence electrons. The van der Waals surface area contributed by atoms with E-state index < -0.39 is 20.9 Å². The molecule has 0 unspecified atom stereocenters. The van der Waals surface area contributed by atoms with E-state index >= 15 is 0 Å². The van der Waals surface area contributed by atoms with Crippen LogP contribution in [-0.2, 0) is 16.2 Å². The smallest absolute Gasteiger partial charge is 0.0540 e. The van der Waals surface area contributed by atoms with Crippen LogP contribution in [0.3, 0.4) is 0 Å². The van der Waals surface area contributed by atoms with Gasteiger partial charge >= 0.3 is 245 Å². The second-order valence-electron chi connectivity index (χ2n) is 20.6. The number of nitrogens with zero attached hydrogens (tertiary/aromatic N) is 4. The van der Waals surface area contributed by atoms with Crippen molar-refractivity contribution in [3.05, 3.63) is 193 Å². The van der Waals surface area contributed by atoms with E-state index in [0.717, 1.165) is 28.7 Å². The van der Waals surface area contributed by atoms with Gasteiger partial charge in [-0.15, -0.1) is 0 Å². The molecule has 0 N–H and O–H groups in total. The minimum atomic E-state index is -0.625. The molecule has 0 atom stereocenters. The van der Waals surface area contributed by atoms with E-state index in [1.54, 1.807) is 0 Å². The Morgan fingerprint density at radius 1 is 0.455 bits per heavy atom. The molecular formula is C60H58N4OTe. The van der Waals surface area contributed by atoms with Gasteiger partial charge in [0.2, 0.25) is 0 Å². The molecule has 6 heteroatoms. The van der Waals surface area contributed by atoms with Crippen molar-refractivity contribution in [2.24, 2.45) is 0 Å². The zero-order chi connectivity index (χ0) is 46.0. The normalized spacial score (nSPS) is 13.6. The fourth-order valence-corrected chi connectivity index (χ4v) is 12.1. The maximum absolute atomic E-state index is 6.89. The van der Waals surface area contributed by atoms with Crippen LogP contribution in [0.4, 0.5) is 39.9 Å². The van der Waals surface area contributed by atoms with Crippen LogP contribution in [0.15, 0.2) is 176 Å². The van der Waals surface area contributed by atoms with Gasteiger partial charge in [0, 0.05) is 11.1 Å². The summed E-state index contributed by atoms with van der Waals surface area (Å²) in [7, 11) is 0. The third-order valence-electron chi connectivity index (χ3n) is 12.9. The van der Waals surface area contributed by atoms with E-state index in [-0.39, 0.29) is 16.2 Å². The van der Waals surface area contributed by atoms with E-state index in [2.05, 4.69) is 247 Å². The zero-order valence-electron chi connectivity index (χ0n) is 39.6. The number of pyridine rings is 1. The molecule has 2 aliphatic heterocycles. The van der Waals surface area contributed by atoms with E-state index in [1.165, 1.54) is 68.9 Å². The van der Waals surface area contributed by atoms with Crippen molar-refractivity contribution in [1.82, 2.24) is 4.98 Å². The minimum Gasteiger partial charge on any atom is -0.0579 e. The first-order valence-corrected chi connectivity index (χ1v) is 25.4. The van der Waals surface area contributed by atoms with Crippen molar-refractivity contribution in [2.75, 3.05) is 21.4 Å². The third-order valence-corrected chi connectivity index (χ3v) is 16.1. The second kappa shape index (κ2) is 16.8. The number of anilines is 7. The second-order valence-corrected chi connectivity index (χ2v) is 23.7. The Morgan fingerprint density at radius 3 is 1.80 bits per heavy atom. The first kappa shape index (κ1) is 43.6. The van der Waals surface area contributed by atoms with Gasteiger partial charge in [-0.1, -0.05) is 120 Å². The molecule has 0 saturated heterocycles. The van der Waals surface area contributed by atoms with Gasteiger partial charge in [0.15, 0.2) is 0 Å². The molecule has 2 aliphatic rings. The number of aromatic nitrogens is 1. The predicted octanol–water partition coefficient (Wildman–Crippen LogP) is 14.8. The van der Waals surface area contributed by atoms with Crippen molar-refractivity contribution in [3.8, 4) is 33.8 Å². The summed E-state index contributed by atoms with van der Waals surface area (Å²) in [6, 6.07) is 62.2. The summed E-state index contributed by atoms with van der Waals surface area (Å²) in [5, 5.41) is 0. The molecule has 10 rings (SSSR count). The van der Waals surface area contributed by atoms with Crippen molar-refractivity contribution < 1.29 is 4.74 Å². The number of hydrogen-bond donors (Lipinski definition) is 0. The predicted molar refractivity (Wildman–Crippen MR) is 279 cm³/mol. The third kappa shape index (κ3) is 8.38. The van der Waals surface area contributed by atoms with Gasteiger partial charge in [0.25, 0.3) is 0 Å². The minimum absolute atomic E-state index is 0.00682. The van der Waals surface area contributed by atoms with Crippen LogP contribution in [0.2, 0.25) is 0 Å². The molecule has 0 bridgehead atoms. The Morgan fingerprint density at radius 2 is 1.08 bits per heavy atom. The molecule has 3 heterocycles. The molecule has 0 fully saturated rings. The first-order chi connectivity index (χ1) is 31.6. The fraction of sp³-hybridized carbons (Fsp3) is 0.217. The molecule has 0 radical (unpaired) electrons. The Labute approximate surface area is 401 Å². The van der Waals surface area contributed by atoms with Crippen LogP contribution in [0.1, 0.15) is 79.0 Å². The molecule has 0 spiro atoms. The summed E-state index contributed by atoms with van der Waals surface area (Å²) in [5.41, 5.74) is 15.6. The van der Waals surface area contributed by atoms with Crippen LogP contribution in [0, 0.1) is 0 Å². The molecule has 5 nitrogen and oxygen atoms in total. The molecule has 1 aromatic heterocycles. The van der Waals surface area contributed by atoms with E-state index in [1.807, 2.05) is 6.20 Å². The number of ether oxygens (including phenoxy) is 1. The average Bonchev–Trinajstić information content (AvgIpc) is 3.69.